The van der Waals surface area contributed by atoms with Crippen molar-refractivity contribution < 1.29 is 13.2 Å². The third-order valence-corrected chi connectivity index (χ3v) is 6.63. The van der Waals surface area contributed by atoms with Crippen molar-refractivity contribution in [3.05, 3.63) is 94.0 Å². The summed E-state index contributed by atoms with van der Waals surface area (Å²) in [5, 5.41) is 2.89. The van der Waals surface area contributed by atoms with E-state index in [0.717, 1.165) is 18.4 Å². The number of halogens is 1. The van der Waals surface area contributed by atoms with Gasteiger partial charge in [-0.3, -0.25) is 9.52 Å². The van der Waals surface area contributed by atoms with Gasteiger partial charge >= 0.3 is 0 Å². The zero-order valence-electron chi connectivity index (χ0n) is 17.5. The Kier molecular flexibility index (Phi) is 7.36. The van der Waals surface area contributed by atoms with Gasteiger partial charge in [0.05, 0.1) is 5.02 Å². The molecule has 0 aliphatic heterocycles. The molecule has 0 unspecified atom stereocenters. The van der Waals surface area contributed by atoms with E-state index in [1.54, 1.807) is 18.2 Å². The highest BCUT2D eigenvalue weighted by molar-refractivity contribution is 7.92. The number of sulfonamides is 1. The van der Waals surface area contributed by atoms with Crippen molar-refractivity contribution in [2.24, 2.45) is 0 Å². The predicted molar refractivity (Wildman–Crippen MR) is 125 cm³/mol. The summed E-state index contributed by atoms with van der Waals surface area (Å²) in [4.78, 5) is 12.4. The Labute approximate surface area is 188 Å². The zero-order chi connectivity index (χ0) is 22.4. The lowest BCUT2D eigenvalue weighted by Crippen LogP contribution is -2.25. The summed E-state index contributed by atoms with van der Waals surface area (Å²) in [6.45, 7) is 4.40. The van der Waals surface area contributed by atoms with E-state index < -0.39 is 10.0 Å². The molecule has 0 saturated carbocycles. The number of nitrogens with one attached hydrogen (secondary N) is 2. The van der Waals surface area contributed by atoms with Crippen LogP contribution < -0.4 is 10.0 Å². The number of benzene rings is 3. The molecule has 7 heteroatoms. The van der Waals surface area contributed by atoms with Gasteiger partial charge in [-0.05, 0) is 68.1 Å². The Morgan fingerprint density at radius 1 is 0.935 bits per heavy atom. The molecule has 0 spiro atoms. The van der Waals surface area contributed by atoms with Crippen LogP contribution in [0.5, 0.6) is 0 Å². The minimum absolute atomic E-state index is 0.0520. The van der Waals surface area contributed by atoms with Gasteiger partial charge in [-0.2, -0.15) is 0 Å². The highest BCUT2D eigenvalue weighted by Gasteiger charge is 2.20. The van der Waals surface area contributed by atoms with Gasteiger partial charge in [0.25, 0.3) is 15.9 Å². The lowest BCUT2D eigenvalue weighted by molar-refractivity contribution is 0.0953. The van der Waals surface area contributed by atoms with Gasteiger partial charge in [-0.1, -0.05) is 53.6 Å². The van der Waals surface area contributed by atoms with Crippen molar-refractivity contribution in [2.75, 3.05) is 11.3 Å². The fourth-order valence-electron chi connectivity index (χ4n) is 3.23. The van der Waals surface area contributed by atoms with Crippen molar-refractivity contribution in [3.8, 4) is 0 Å². The van der Waals surface area contributed by atoms with Crippen molar-refractivity contribution >= 4 is 33.2 Å². The number of carbonyl (C=O) groups is 1. The largest absolute Gasteiger partial charge is 0.352 e. The molecule has 1 amide bonds. The molecule has 0 aromatic heterocycles. The summed E-state index contributed by atoms with van der Waals surface area (Å²) in [6.07, 6.45) is 1.63. The molecule has 0 fully saturated rings. The standard InChI is InChI=1S/C24H25ClN2O3S/c1-17-6-3-8-19(14-17)9-5-13-26-24(28)20-11-12-22(25)23(16-20)31(29,30)27-21-10-4-7-18(2)15-21/h3-4,6-8,10-12,14-16,27H,5,9,13H2,1-2H3,(H,26,28). The fraction of sp³-hybridized carbons (Fsp3) is 0.208. The molecule has 162 valence electrons. The van der Waals surface area contributed by atoms with Crippen LogP contribution in [0.4, 0.5) is 5.69 Å². The lowest BCUT2D eigenvalue weighted by Gasteiger charge is -2.12. The monoisotopic (exact) mass is 456 g/mol. The number of amides is 1. The Balaban J connectivity index is 1.66. The molecular weight excluding hydrogens is 432 g/mol. The van der Waals surface area contributed by atoms with Crippen molar-refractivity contribution in [1.82, 2.24) is 5.32 Å². The minimum Gasteiger partial charge on any atom is -0.352 e. The topological polar surface area (TPSA) is 75.3 Å². The van der Waals surface area contributed by atoms with E-state index in [1.165, 1.54) is 29.3 Å². The number of aryl methyl sites for hydroxylation is 3. The number of hydrogen-bond donors (Lipinski definition) is 2. The van der Waals surface area contributed by atoms with Crippen LogP contribution in [0.1, 0.15) is 33.5 Å². The second kappa shape index (κ2) is 9.98. The predicted octanol–water partition coefficient (Wildman–Crippen LogP) is 5.12. The second-order valence-electron chi connectivity index (χ2n) is 7.47. The first kappa shape index (κ1) is 22.8. The van der Waals surface area contributed by atoms with Crippen molar-refractivity contribution in [3.63, 3.8) is 0 Å². The van der Waals surface area contributed by atoms with E-state index in [-0.39, 0.29) is 21.4 Å². The molecule has 3 aromatic rings. The molecule has 5 nitrogen and oxygen atoms in total. The summed E-state index contributed by atoms with van der Waals surface area (Å²) < 4.78 is 28.2. The van der Waals surface area contributed by atoms with Gasteiger partial charge in [0, 0.05) is 17.8 Å². The van der Waals surface area contributed by atoms with Gasteiger partial charge in [-0.15, -0.1) is 0 Å². The molecule has 2 N–H and O–H groups in total. The van der Waals surface area contributed by atoms with Crippen LogP contribution in [0.15, 0.2) is 71.6 Å². The number of rotatable bonds is 8. The average Bonchev–Trinajstić information content (AvgIpc) is 2.71. The molecule has 3 rings (SSSR count). The van der Waals surface area contributed by atoms with Crippen LogP contribution in [-0.2, 0) is 16.4 Å². The highest BCUT2D eigenvalue weighted by atomic mass is 35.5. The maximum Gasteiger partial charge on any atom is 0.263 e. The molecule has 3 aromatic carbocycles. The van der Waals surface area contributed by atoms with Crippen LogP contribution in [0.25, 0.3) is 0 Å². The van der Waals surface area contributed by atoms with Crippen LogP contribution in [0.2, 0.25) is 5.02 Å². The summed E-state index contributed by atoms with van der Waals surface area (Å²) in [5.41, 5.74) is 4.02. The molecule has 0 heterocycles. The van der Waals surface area contributed by atoms with Crippen LogP contribution >= 0.6 is 11.6 Å². The first-order valence-electron chi connectivity index (χ1n) is 9.97. The van der Waals surface area contributed by atoms with Gasteiger partial charge in [-0.25, -0.2) is 8.42 Å². The maximum atomic E-state index is 12.8. The maximum absolute atomic E-state index is 12.8. The zero-order valence-corrected chi connectivity index (χ0v) is 19.1. The van der Waals surface area contributed by atoms with E-state index in [1.807, 2.05) is 32.0 Å². The Bertz CT molecular complexity index is 1190. The third kappa shape index (κ3) is 6.32. The molecule has 0 aliphatic rings. The van der Waals surface area contributed by atoms with Gasteiger partial charge in [0.1, 0.15) is 4.90 Å². The SMILES string of the molecule is Cc1cccc(CCCNC(=O)c2ccc(Cl)c(S(=O)(=O)Nc3cccc(C)c3)c2)c1. The van der Waals surface area contributed by atoms with Gasteiger partial charge < -0.3 is 5.32 Å². The normalized spacial score (nSPS) is 11.2. The van der Waals surface area contributed by atoms with E-state index in [9.17, 15) is 13.2 Å². The summed E-state index contributed by atoms with van der Waals surface area (Å²) in [6, 6.07) is 19.5. The first-order valence-corrected chi connectivity index (χ1v) is 11.8. The van der Waals surface area contributed by atoms with Gasteiger partial charge in [0.2, 0.25) is 0 Å². The van der Waals surface area contributed by atoms with E-state index in [0.29, 0.717) is 12.2 Å². The van der Waals surface area contributed by atoms with Gasteiger partial charge in [0.15, 0.2) is 0 Å². The fourth-order valence-corrected chi connectivity index (χ4v) is 4.81. The van der Waals surface area contributed by atoms with Crippen LogP contribution in [0, 0.1) is 13.8 Å². The number of hydrogen-bond acceptors (Lipinski definition) is 3. The Morgan fingerprint density at radius 2 is 1.65 bits per heavy atom. The van der Waals surface area contributed by atoms with Crippen LogP contribution in [0.3, 0.4) is 0 Å². The molecule has 0 saturated heterocycles. The van der Waals surface area contributed by atoms with Crippen molar-refractivity contribution in [1.29, 1.82) is 0 Å². The van der Waals surface area contributed by atoms with E-state index in [4.69, 9.17) is 11.6 Å². The average molecular weight is 457 g/mol. The molecule has 0 radical (unpaired) electrons. The summed E-state index contributed by atoms with van der Waals surface area (Å²) in [7, 11) is -3.94. The molecule has 31 heavy (non-hydrogen) atoms. The highest BCUT2D eigenvalue weighted by Crippen LogP contribution is 2.25. The van der Waals surface area contributed by atoms with Crippen molar-refractivity contribution in [2.45, 2.75) is 31.6 Å². The molecule has 0 atom stereocenters. The third-order valence-electron chi connectivity index (χ3n) is 4.76. The summed E-state index contributed by atoms with van der Waals surface area (Å²) in [5.74, 6) is -0.340. The molecular formula is C24H25ClN2O3S. The first-order chi connectivity index (χ1) is 14.7. The van der Waals surface area contributed by atoms with Crippen LogP contribution in [-0.4, -0.2) is 20.9 Å². The second-order valence-corrected chi connectivity index (χ2v) is 9.53. The Morgan fingerprint density at radius 3 is 2.35 bits per heavy atom. The Hall–Kier alpha value is -2.83. The smallest absolute Gasteiger partial charge is 0.263 e. The number of anilines is 1. The quantitative estimate of drug-likeness (QED) is 0.462. The molecule has 0 aliphatic carbocycles. The molecule has 0 bridgehead atoms. The van der Waals surface area contributed by atoms with E-state index in [2.05, 4.69) is 22.2 Å². The summed E-state index contributed by atoms with van der Waals surface area (Å²) >= 11 is 6.14. The van der Waals surface area contributed by atoms with E-state index >= 15 is 0 Å². The number of carbonyl (C=O) groups excluding carboxylic acids is 1. The lowest BCUT2D eigenvalue weighted by atomic mass is 10.1. The minimum atomic E-state index is -3.94.